The van der Waals surface area contributed by atoms with E-state index in [9.17, 15) is 14.9 Å². The van der Waals surface area contributed by atoms with Crippen molar-refractivity contribution in [2.45, 2.75) is 52.9 Å². The van der Waals surface area contributed by atoms with Gasteiger partial charge in [-0.3, -0.25) is 19.1 Å². The molecule has 2 aliphatic heterocycles. The fourth-order valence-electron chi connectivity index (χ4n) is 4.09. The van der Waals surface area contributed by atoms with Crippen molar-refractivity contribution in [3.8, 4) is 6.07 Å². The molecule has 1 aromatic rings. The second-order valence-electron chi connectivity index (χ2n) is 8.63. The summed E-state index contributed by atoms with van der Waals surface area (Å²) < 4.78 is 2.14. The molecule has 0 atom stereocenters. The molecule has 3 heterocycles. The van der Waals surface area contributed by atoms with Gasteiger partial charge in [-0.2, -0.15) is 5.26 Å². The fourth-order valence-corrected chi connectivity index (χ4v) is 5.38. The molecule has 8 heteroatoms. The van der Waals surface area contributed by atoms with Crippen LogP contribution in [0.2, 0.25) is 0 Å². The summed E-state index contributed by atoms with van der Waals surface area (Å²) in [5, 5.41) is 9.61. The van der Waals surface area contributed by atoms with E-state index in [1.807, 2.05) is 6.08 Å². The van der Waals surface area contributed by atoms with Crippen LogP contribution in [-0.4, -0.2) is 39.3 Å². The van der Waals surface area contributed by atoms with Gasteiger partial charge in [0.2, 0.25) is 0 Å². The first-order valence-corrected chi connectivity index (χ1v) is 12.1. The molecule has 0 saturated carbocycles. The number of nitriles is 1. The van der Waals surface area contributed by atoms with Crippen LogP contribution in [0.25, 0.3) is 6.08 Å². The molecule has 0 N–H and O–H groups in total. The van der Waals surface area contributed by atoms with E-state index in [-0.39, 0.29) is 17.0 Å². The zero-order chi connectivity index (χ0) is 22.7. The second kappa shape index (κ2) is 10.0. The van der Waals surface area contributed by atoms with E-state index in [4.69, 9.17) is 12.2 Å². The number of carbonyl (C=O) groups is 1. The Morgan fingerprint density at radius 2 is 1.84 bits per heavy atom. The van der Waals surface area contributed by atoms with Crippen LogP contribution in [0.15, 0.2) is 9.70 Å². The largest absolute Gasteiger partial charge is 0.357 e. The Labute approximate surface area is 193 Å². The standard InChI is InChI=1S/C23H30N4O2S2/c1-15(2)9-12-27-22(29)19(31-23(27)30)13-17-16(3)18(14-24)21(28)25(4)20(17)26-10-7-5-6-8-11-26/h13,15H,5-12H2,1-4H3/b19-13+. The second-order valence-corrected chi connectivity index (χ2v) is 10.3. The smallest absolute Gasteiger partial charge is 0.270 e. The molecule has 0 aliphatic carbocycles. The molecule has 0 spiro atoms. The molecule has 0 bridgehead atoms. The number of nitrogens with zero attached hydrogens (tertiary/aromatic N) is 4. The van der Waals surface area contributed by atoms with Crippen LogP contribution >= 0.6 is 24.0 Å². The Balaban J connectivity index is 2.10. The first kappa shape index (κ1) is 23.6. The lowest BCUT2D eigenvalue weighted by Crippen LogP contribution is -2.34. The van der Waals surface area contributed by atoms with Gasteiger partial charge in [-0.15, -0.1) is 0 Å². The van der Waals surface area contributed by atoms with Crippen molar-refractivity contribution in [1.29, 1.82) is 5.26 Å². The lowest BCUT2D eigenvalue weighted by atomic mass is 10.0. The summed E-state index contributed by atoms with van der Waals surface area (Å²) in [4.78, 5) is 30.4. The van der Waals surface area contributed by atoms with Crippen molar-refractivity contribution in [3.05, 3.63) is 31.9 Å². The summed E-state index contributed by atoms with van der Waals surface area (Å²) in [5.74, 6) is 1.17. The molecule has 6 nitrogen and oxygen atoms in total. The van der Waals surface area contributed by atoms with Crippen LogP contribution in [0.3, 0.4) is 0 Å². The highest BCUT2D eigenvalue weighted by molar-refractivity contribution is 8.26. The molecule has 166 valence electrons. The minimum Gasteiger partial charge on any atom is -0.357 e. The molecule has 0 unspecified atom stereocenters. The van der Waals surface area contributed by atoms with Crippen LogP contribution in [0.5, 0.6) is 0 Å². The first-order valence-electron chi connectivity index (χ1n) is 10.9. The van der Waals surface area contributed by atoms with E-state index >= 15 is 0 Å². The first-order chi connectivity index (χ1) is 14.8. The lowest BCUT2D eigenvalue weighted by molar-refractivity contribution is -0.122. The molecule has 1 aromatic heterocycles. The van der Waals surface area contributed by atoms with Gasteiger partial charge in [0, 0.05) is 32.2 Å². The van der Waals surface area contributed by atoms with E-state index in [2.05, 4.69) is 24.8 Å². The number of hydrogen-bond donors (Lipinski definition) is 0. The van der Waals surface area contributed by atoms with Crippen molar-refractivity contribution >= 4 is 46.1 Å². The minimum absolute atomic E-state index is 0.0933. The van der Waals surface area contributed by atoms with Gasteiger partial charge < -0.3 is 4.90 Å². The summed E-state index contributed by atoms with van der Waals surface area (Å²) in [7, 11) is 1.72. The maximum atomic E-state index is 13.1. The summed E-state index contributed by atoms with van der Waals surface area (Å²) in [6, 6.07) is 2.06. The number of hydrogen-bond acceptors (Lipinski definition) is 6. The van der Waals surface area contributed by atoms with E-state index in [1.165, 1.54) is 24.6 Å². The molecule has 3 rings (SSSR count). The molecular formula is C23H30N4O2S2. The number of aromatic nitrogens is 1. The highest BCUT2D eigenvalue weighted by atomic mass is 32.2. The fraction of sp³-hybridized carbons (Fsp3) is 0.565. The van der Waals surface area contributed by atoms with Crippen molar-refractivity contribution in [2.24, 2.45) is 13.0 Å². The van der Waals surface area contributed by atoms with E-state index in [0.29, 0.717) is 27.3 Å². The summed E-state index contributed by atoms with van der Waals surface area (Å²) in [6.45, 7) is 8.36. The lowest BCUT2D eigenvalue weighted by Gasteiger charge is -2.28. The third-order valence-electron chi connectivity index (χ3n) is 5.95. The van der Waals surface area contributed by atoms with E-state index < -0.39 is 0 Å². The van der Waals surface area contributed by atoms with Crippen molar-refractivity contribution in [3.63, 3.8) is 0 Å². The number of amides is 1. The van der Waals surface area contributed by atoms with Gasteiger partial charge >= 0.3 is 0 Å². The Bertz CT molecular complexity index is 1010. The summed E-state index contributed by atoms with van der Waals surface area (Å²) >= 11 is 6.78. The van der Waals surface area contributed by atoms with Crippen molar-refractivity contribution in [2.75, 3.05) is 24.5 Å². The van der Waals surface area contributed by atoms with Crippen molar-refractivity contribution < 1.29 is 4.79 Å². The molecule has 31 heavy (non-hydrogen) atoms. The number of anilines is 1. The van der Waals surface area contributed by atoms with Gasteiger partial charge in [0.1, 0.15) is 21.8 Å². The average Bonchev–Trinajstić information content (AvgIpc) is 2.90. The maximum Gasteiger partial charge on any atom is 0.270 e. The molecular weight excluding hydrogens is 428 g/mol. The summed E-state index contributed by atoms with van der Waals surface area (Å²) in [5.41, 5.74) is 1.23. The quantitative estimate of drug-likeness (QED) is 0.487. The maximum absolute atomic E-state index is 13.1. The van der Waals surface area contributed by atoms with Gasteiger partial charge in [0.25, 0.3) is 11.5 Å². The van der Waals surface area contributed by atoms with Gasteiger partial charge in [-0.05, 0) is 43.7 Å². The molecule has 2 fully saturated rings. The van der Waals surface area contributed by atoms with Crippen LogP contribution in [-0.2, 0) is 11.8 Å². The molecule has 1 amide bonds. The topological polar surface area (TPSA) is 69.3 Å². The highest BCUT2D eigenvalue weighted by Gasteiger charge is 2.33. The Morgan fingerprint density at radius 3 is 2.42 bits per heavy atom. The molecule has 0 radical (unpaired) electrons. The summed E-state index contributed by atoms with van der Waals surface area (Å²) in [6.07, 6.45) is 7.18. The number of carbonyl (C=O) groups excluding carboxylic acids is 1. The van der Waals surface area contributed by atoms with Gasteiger partial charge in [0.15, 0.2) is 0 Å². The predicted octanol–water partition coefficient (Wildman–Crippen LogP) is 4.19. The van der Waals surface area contributed by atoms with Crippen LogP contribution in [0, 0.1) is 24.2 Å². The predicted molar refractivity (Wildman–Crippen MR) is 131 cm³/mol. The monoisotopic (exact) mass is 458 g/mol. The van der Waals surface area contributed by atoms with Crippen LogP contribution < -0.4 is 10.5 Å². The van der Waals surface area contributed by atoms with Crippen molar-refractivity contribution in [1.82, 2.24) is 9.47 Å². The minimum atomic E-state index is -0.291. The van der Waals surface area contributed by atoms with Crippen LogP contribution in [0.1, 0.15) is 62.6 Å². The van der Waals surface area contributed by atoms with Gasteiger partial charge in [-0.25, -0.2) is 0 Å². The Kier molecular flexibility index (Phi) is 7.60. The highest BCUT2D eigenvalue weighted by Crippen LogP contribution is 2.36. The zero-order valence-electron chi connectivity index (χ0n) is 18.7. The Hall–Kier alpha value is -2.11. The SMILES string of the molecule is Cc1c(/C=C2/SC(=S)N(CCC(C)C)C2=O)c(N2CCCCCC2)n(C)c(=O)c1C#N. The van der Waals surface area contributed by atoms with E-state index in [1.54, 1.807) is 23.4 Å². The molecule has 2 saturated heterocycles. The normalized spacial score (nSPS) is 18.8. The average molecular weight is 459 g/mol. The number of pyridine rings is 1. The molecule has 0 aromatic carbocycles. The Morgan fingerprint density at radius 1 is 1.19 bits per heavy atom. The van der Waals surface area contributed by atoms with E-state index in [0.717, 1.165) is 43.7 Å². The number of thiocarbonyl (C=S) groups is 1. The zero-order valence-corrected chi connectivity index (χ0v) is 20.4. The van der Waals surface area contributed by atoms with Gasteiger partial charge in [-0.1, -0.05) is 50.7 Å². The number of rotatable bonds is 5. The van der Waals surface area contributed by atoms with Gasteiger partial charge in [0.05, 0.1) is 4.91 Å². The number of thioether (sulfide) groups is 1. The third-order valence-corrected chi connectivity index (χ3v) is 7.33. The molecule has 2 aliphatic rings. The van der Waals surface area contributed by atoms with Crippen LogP contribution in [0.4, 0.5) is 5.82 Å². The third kappa shape index (κ3) is 4.88.